The van der Waals surface area contributed by atoms with Crippen LogP contribution in [0.3, 0.4) is 0 Å². The van der Waals surface area contributed by atoms with Gasteiger partial charge in [-0.15, -0.1) is 0 Å². The van der Waals surface area contributed by atoms with Crippen LogP contribution in [0, 0.1) is 56.7 Å². The van der Waals surface area contributed by atoms with E-state index >= 15 is 0 Å². The number of aliphatic hydroxyl groups excluding tert-OH is 1. The Kier molecular flexibility index (Phi) is 11.5. The van der Waals surface area contributed by atoms with E-state index in [9.17, 15) is 9.90 Å². The molecule has 0 aromatic heterocycles. The van der Waals surface area contributed by atoms with Gasteiger partial charge in [0.1, 0.15) is 6.10 Å². The fourth-order valence-electron chi connectivity index (χ4n) is 13.6. The average molecular weight is 653 g/mol. The van der Waals surface area contributed by atoms with Crippen LogP contribution >= 0.6 is 0 Å². The molecule has 0 bridgehead atoms. The predicted molar refractivity (Wildman–Crippen MR) is 197 cm³/mol. The molecule has 0 aromatic carbocycles. The molecule has 5 rings (SSSR count). The topological polar surface area (TPSA) is 46.5 Å². The van der Waals surface area contributed by atoms with Crippen LogP contribution in [0.4, 0.5) is 0 Å². The molecule has 0 radical (unpaired) electrons. The number of esters is 1. The highest BCUT2D eigenvalue weighted by Gasteiger charge is 2.71. The van der Waals surface area contributed by atoms with Gasteiger partial charge in [0, 0.05) is 11.8 Å². The zero-order valence-electron chi connectivity index (χ0n) is 32.5. The van der Waals surface area contributed by atoms with Crippen LogP contribution in [0.2, 0.25) is 0 Å². The van der Waals surface area contributed by atoms with Crippen molar-refractivity contribution < 1.29 is 14.6 Å². The number of fused-ring (bicyclic) bond motifs is 7. The van der Waals surface area contributed by atoms with Crippen molar-refractivity contribution in [3.63, 3.8) is 0 Å². The van der Waals surface area contributed by atoms with Gasteiger partial charge in [0.2, 0.25) is 0 Å². The number of rotatable bonds is 13. The van der Waals surface area contributed by atoms with Gasteiger partial charge < -0.3 is 9.84 Å². The van der Waals surface area contributed by atoms with E-state index in [2.05, 4.69) is 68.4 Å². The molecule has 11 atom stereocenters. The number of carbonyl (C=O) groups is 1. The van der Waals surface area contributed by atoms with E-state index in [1.54, 1.807) is 5.57 Å². The van der Waals surface area contributed by atoms with Crippen molar-refractivity contribution >= 4 is 5.97 Å². The Morgan fingerprint density at radius 3 is 2.04 bits per heavy atom. The molecule has 0 aromatic rings. The van der Waals surface area contributed by atoms with Crippen LogP contribution in [-0.2, 0) is 9.53 Å². The molecule has 1 N–H and O–H groups in total. The lowest BCUT2D eigenvalue weighted by atomic mass is 9.31. The molecule has 4 fully saturated rings. The lowest BCUT2D eigenvalue weighted by Gasteiger charge is -2.74. The van der Waals surface area contributed by atoms with E-state index in [0.29, 0.717) is 36.0 Å². The normalized spacial score (nSPS) is 44.0. The van der Waals surface area contributed by atoms with Crippen molar-refractivity contribution in [3.8, 4) is 0 Å². The number of hydrogen-bond acceptors (Lipinski definition) is 3. The molecular weight excluding hydrogens is 576 g/mol. The molecule has 0 spiro atoms. The van der Waals surface area contributed by atoms with E-state index in [4.69, 9.17) is 4.74 Å². The number of carbonyl (C=O) groups excluding carboxylic acids is 1. The molecule has 0 amide bonds. The van der Waals surface area contributed by atoms with Crippen LogP contribution in [0.5, 0.6) is 0 Å². The molecule has 5 aliphatic rings. The first-order chi connectivity index (χ1) is 22.2. The largest absolute Gasteiger partial charge is 0.462 e. The SMILES string of the molecule is CCCCCCCCCCCCCC(=O)O[C@H]1C[C@]2(C)[C@H](CC[C@@H]3[C@@]4(C)CC[C@H](O)C(C)(C)[C@@H]4CC[C@]32C)[C@H]2[C@H](C)C(C)=CC[C@@]21C. The monoisotopic (exact) mass is 653 g/mol. The minimum atomic E-state index is -0.186. The third kappa shape index (κ3) is 6.57. The van der Waals surface area contributed by atoms with Crippen molar-refractivity contribution in [2.24, 2.45) is 56.7 Å². The average Bonchev–Trinajstić information content (AvgIpc) is 3.01. The van der Waals surface area contributed by atoms with E-state index in [1.165, 1.54) is 83.5 Å². The van der Waals surface area contributed by atoms with Crippen LogP contribution in [0.1, 0.15) is 191 Å². The second-order valence-electron chi connectivity index (χ2n) is 19.5. The molecular formula is C44H76O3. The van der Waals surface area contributed by atoms with E-state index in [-0.39, 0.29) is 45.3 Å². The van der Waals surface area contributed by atoms with E-state index < -0.39 is 0 Å². The highest BCUT2D eigenvalue weighted by atomic mass is 16.5. The van der Waals surface area contributed by atoms with Crippen molar-refractivity contribution in [2.75, 3.05) is 0 Å². The standard InChI is InChI=1S/C44H76O3/c1-10-11-12-13-14-15-16-17-18-19-20-21-38(46)47-37-30-44(9)33(39-32(3)31(2)24-27-42(37,39)7)22-23-35-41(6)28-26-36(45)40(4,5)34(41)25-29-43(35,44)8/h24,32-37,39,45H,10-23,25-30H2,1-9H3/t32-,33-,34+,35-,36+,37+,39-,41+,42-,43-,44-/m1/s1. The Balaban J connectivity index is 1.28. The summed E-state index contributed by atoms with van der Waals surface area (Å²) in [6, 6.07) is 0. The molecule has 0 unspecified atom stereocenters. The molecule has 5 aliphatic carbocycles. The van der Waals surface area contributed by atoms with Gasteiger partial charge in [0.05, 0.1) is 6.10 Å². The van der Waals surface area contributed by atoms with Crippen LogP contribution < -0.4 is 0 Å². The number of aliphatic hydroxyl groups is 1. The molecule has 47 heavy (non-hydrogen) atoms. The summed E-state index contributed by atoms with van der Waals surface area (Å²) in [5.74, 6) is 3.04. The number of hydrogen-bond donors (Lipinski definition) is 1. The highest BCUT2D eigenvalue weighted by molar-refractivity contribution is 5.69. The summed E-state index contributed by atoms with van der Waals surface area (Å²) < 4.78 is 6.76. The zero-order valence-corrected chi connectivity index (χ0v) is 32.5. The smallest absolute Gasteiger partial charge is 0.306 e. The van der Waals surface area contributed by atoms with Gasteiger partial charge in [0.15, 0.2) is 0 Å². The highest BCUT2D eigenvalue weighted by Crippen LogP contribution is 2.77. The first kappa shape index (κ1) is 37.4. The Bertz CT molecular complexity index is 1110. The summed E-state index contributed by atoms with van der Waals surface area (Å²) in [7, 11) is 0. The lowest BCUT2D eigenvalue weighted by Crippen LogP contribution is -2.69. The maximum absolute atomic E-state index is 13.6. The number of ether oxygens (including phenoxy) is 1. The Labute approximate surface area is 291 Å². The molecule has 0 heterocycles. The Hall–Kier alpha value is -0.830. The number of unbranched alkanes of at least 4 members (excludes halogenated alkanes) is 10. The first-order valence-electron chi connectivity index (χ1n) is 20.7. The molecule has 0 saturated heterocycles. The Morgan fingerprint density at radius 1 is 0.787 bits per heavy atom. The molecule has 3 heteroatoms. The summed E-state index contributed by atoms with van der Waals surface area (Å²) in [4.78, 5) is 13.6. The maximum Gasteiger partial charge on any atom is 0.306 e. The second-order valence-corrected chi connectivity index (χ2v) is 19.5. The van der Waals surface area contributed by atoms with E-state index in [1.807, 2.05) is 0 Å². The fraction of sp³-hybridized carbons (Fsp3) is 0.932. The van der Waals surface area contributed by atoms with Crippen molar-refractivity contribution in [2.45, 2.75) is 203 Å². The molecule has 0 aliphatic heterocycles. The molecule has 270 valence electrons. The van der Waals surface area contributed by atoms with Gasteiger partial charge in [-0.25, -0.2) is 0 Å². The summed E-state index contributed by atoms with van der Waals surface area (Å²) in [6.07, 6.45) is 26.4. The number of allylic oxidation sites excluding steroid dienone is 2. The van der Waals surface area contributed by atoms with E-state index in [0.717, 1.165) is 38.5 Å². The third-order valence-electron chi connectivity index (χ3n) is 16.8. The van der Waals surface area contributed by atoms with Gasteiger partial charge in [-0.2, -0.15) is 0 Å². The van der Waals surface area contributed by atoms with Crippen molar-refractivity contribution in [1.82, 2.24) is 0 Å². The lowest BCUT2D eigenvalue weighted by molar-refractivity contribution is -0.270. The first-order valence-corrected chi connectivity index (χ1v) is 20.7. The van der Waals surface area contributed by atoms with Crippen molar-refractivity contribution in [1.29, 1.82) is 0 Å². The molecule has 3 nitrogen and oxygen atoms in total. The van der Waals surface area contributed by atoms with Gasteiger partial charge >= 0.3 is 5.97 Å². The van der Waals surface area contributed by atoms with Gasteiger partial charge in [-0.1, -0.05) is 131 Å². The van der Waals surface area contributed by atoms with Crippen molar-refractivity contribution in [3.05, 3.63) is 11.6 Å². The third-order valence-corrected chi connectivity index (χ3v) is 16.8. The summed E-state index contributed by atoms with van der Waals surface area (Å²) >= 11 is 0. The van der Waals surface area contributed by atoms with Gasteiger partial charge in [-0.05, 0) is 116 Å². The summed E-state index contributed by atoms with van der Waals surface area (Å²) in [5, 5.41) is 11.1. The minimum absolute atomic E-state index is 0.00789. The predicted octanol–water partition coefficient (Wildman–Crippen LogP) is 12.2. The van der Waals surface area contributed by atoms with Crippen LogP contribution in [0.25, 0.3) is 0 Å². The quantitative estimate of drug-likeness (QED) is 0.122. The second kappa shape index (κ2) is 14.4. The maximum atomic E-state index is 13.6. The van der Waals surface area contributed by atoms with Crippen LogP contribution in [-0.4, -0.2) is 23.3 Å². The minimum Gasteiger partial charge on any atom is -0.462 e. The summed E-state index contributed by atoms with van der Waals surface area (Å²) in [6.45, 7) is 22.3. The van der Waals surface area contributed by atoms with Gasteiger partial charge in [-0.3, -0.25) is 4.79 Å². The summed E-state index contributed by atoms with van der Waals surface area (Å²) in [5.41, 5.74) is 2.16. The zero-order chi connectivity index (χ0) is 34.3. The fourth-order valence-corrected chi connectivity index (χ4v) is 13.6. The van der Waals surface area contributed by atoms with Crippen LogP contribution in [0.15, 0.2) is 11.6 Å². The molecule has 4 saturated carbocycles. The Morgan fingerprint density at radius 2 is 1.40 bits per heavy atom. The van der Waals surface area contributed by atoms with Gasteiger partial charge in [0.25, 0.3) is 0 Å².